The summed E-state index contributed by atoms with van der Waals surface area (Å²) in [4.78, 5) is 4.68. The number of ether oxygens (including phenoxy) is 2. The third kappa shape index (κ3) is 5.41. The van der Waals surface area contributed by atoms with Gasteiger partial charge in [-0.3, -0.25) is 0 Å². The van der Waals surface area contributed by atoms with E-state index in [1.165, 1.54) is 65.5 Å². The van der Waals surface area contributed by atoms with Crippen LogP contribution in [-0.2, 0) is 0 Å². The van der Waals surface area contributed by atoms with Crippen LogP contribution >= 0.6 is 0 Å². The first-order valence-corrected chi connectivity index (χ1v) is 25.5. The van der Waals surface area contributed by atoms with Crippen LogP contribution < -0.4 is 52.1 Å². The van der Waals surface area contributed by atoms with Crippen LogP contribution in [0.4, 0.5) is 34.1 Å². The Labute approximate surface area is 427 Å². The third-order valence-electron chi connectivity index (χ3n) is 16.1. The lowest BCUT2D eigenvalue weighted by Crippen LogP contribution is -2.62. The van der Waals surface area contributed by atoms with Gasteiger partial charge in [-0.25, -0.2) is 0 Å². The fraction of sp³-hybridized carbons (Fsp3) is 0. The molecule has 0 spiro atoms. The van der Waals surface area contributed by atoms with Gasteiger partial charge >= 0.3 is 0 Å². The fourth-order valence-electron chi connectivity index (χ4n) is 13.2. The summed E-state index contributed by atoms with van der Waals surface area (Å²) in [6.07, 6.45) is 0. The van der Waals surface area contributed by atoms with Crippen LogP contribution in [0.3, 0.4) is 0 Å². The van der Waals surface area contributed by atoms with Gasteiger partial charge in [0.25, 0.3) is 13.4 Å². The summed E-state index contributed by atoms with van der Waals surface area (Å²) in [5.74, 6) is 3.27. The maximum absolute atomic E-state index is 7.45. The van der Waals surface area contributed by atoms with E-state index in [0.29, 0.717) is 0 Å². The largest absolute Gasteiger partial charge is 0.458 e. The van der Waals surface area contributed by atoms with E-state index in [4.69, 9.17) is 9.47 Å². The molecule has 0 atom stereocenters. The van der Waals surface area contributed by atoms with E-state index >= 15 is 0 Å². The van der Waals surface area contributed by atoms with Crippen molar-refractivity contribution in [2.24, 2.45) is 0 Å². The van der Waals surface area contributed by atoms with E-state index in [1.807, 2.05) is 0 Å². The molecule has 8 heteroatoms. The van der Waals surface area contributed by atoms with Crippen molar-refractivity contribution in [2.75, 3.05) is 9.80 Å². The zero-order valence-corrected chi connectivity index (χ0v) is 39.9. The molecule has 0 aliphatic carbocycles. The molecule has 2 aromatic heterocycles. The summed E-state index contributed by atoms with van der Waals surface area (Å²) >= 11 is 0. The number of fused-ring (bicyclic) bond motifs is 14. The average Bonchev–Trinajstić information content (AvgIpc) is 4.09. The SMILES string of the molecule is c1ccc(N(c2ccccc2)c2cc3c4c(c2)-n2c5ccccc5c5cccc(c52)B4c2cc4c(cc2O3)Oc2cc(N(c3ccccc3)c3ccccc3)cc3c2B4c2cccc4c5ccccc5n-3c24)cc1. The molecule has 0 fully saturated rings. The number of hydrogen-bond donors (Lipinski definition) is 0. The molecule has 13 aromatic rings. The molecule has 4 aliphatic rings. The Kier molecular flexibility index (Phi) is 8.08. The van der Waals surface area contributed by atoms with E-state index < -0.39 is 0 Å². The van der Waals surface area contributed by atoms with E-state index in [1.54, 1.807) is 0 Å². The van der Waals surface area contributed by atoms with Crippen molar-refractivity contribution in [3.63, 3.8) is 0 Å². The molecule has 0 N–H and O–H groups in total. The normalized spacial score (nSPS) is 13.0. The van der Waals surface area contributed by atoms with Crippen LogP contribution in [0.25, 0.3) is 55.0 Å². The summed E-state index contributed by atoms with van der Waals surface area (Å²) in [5.41, 5.74) is 20.5. The minimum absolute atomic E-state index is 0.120. The Morgan fingerprint density at radius 2 is 0.649 bits per heavy atom. The van der Waals surface area contributed by atoms with Gasteiger partial charge in [0.05, 0.1) is 22.4 Å². The Balaban J connectivity index is 0.935. The molecular weight excluding hydrogens is 902 g/mol. The van der Waals surface area contributed by atoms with Crippen LogP contribution in [0, 0.1) is 0 Å². The van der Waals surface area contributed by atoms with Gasteiger partial charge in [0.2, 0.25) is 0 Å². The number of benzene rings is 11. The van der Waals surface area contributed by atoms with E-state index in [0.717, 1.165) is 79.4 Å². The highest BCUT2D eigenvalue weighted by molar-refractivity contribution is 7.02. The van der Waals surface area contributed by atoms with Gasteiger partial charge in [0.1, 0.15) is 23.0 Å². The average molecular weight is 943 g/mol. The molecule has 74 heavy (non-hydrogen) atoms. The monoisotopic (exact) mass is 942 g/mol. The Morgan fingerprint density at radius 1 is 0.284 bits per heavy atom. The Bertz CT molecular complexity index is 4150. The van der Waals surface area contributed by atoms with Crippen LogP contribution in [0.1, 0.15) is 0 Å². The van der Waals surface area contributed by atoms with Crippen LogP contribution in [0.15, 0.2) is 243 Å². The van der Waals surface area contributed by atoms with Gasteiger partial charge < -0.3 is 28.4 Å². The van der Waals surface area contributed by atoms with Crippen molar-refractivity contribution in [1.29, 1.82) is 0 Å². The second kappa shape index (κ2) is 14.9. The van der Waals surface area contributed by atoms with Crippen molar-refractivity contribution in [2.45, 2.75) is 0 Å². The lowest BCUT2D eigenvalue weighted by Gasteiger charge is -2.38. The molecule has 0 amide bonds. The smallest absolute Gasteiger partial charge is 0.256 e. The summed E-state index contributed by atoms with van der Waals surface area (Å²) in [6.45, 7) is -0.241. The van der Waals surface area contributed by atoms with Crippen LogP contribution in [0.5, 0.6) is 23.0 Å². The Morgan fingerprint density at radius 3 is 1.05 bits per heavy atom. The highest BCUT2D eigenvalue weighted by Gasteiger charge is 2.46. The molecule has 17 rings (SSSR count). The lowest BCUT2D eigenvalue weighted by atomic mass is 9.31. The standard InChI is InChI=1S/C66H40B2N4O2/c1-5-19-41(20-6-1)69(42-21-7-2-8-22-42)45-35-57-63-61(37-45)73-59-40-60-54(39-53(59)67(63)51-31-17-29-49-47-27-13-15-33-55(47)71(57)65(49)51)68-52-32-18-30-50-48-28-14-16-34-56(48)72(66(50)52)58-36-46(38-62(74-60)64(58)68)70(43-23-9-3-10-24-43)44-25-11-4-12-26-44/h1-40H. The summed E-state index contributed by atoms with van der Waals surface area (Å²) < 4.78 is 19.9. The molecule has 6 heterocycles. The number of nitrogens with zero attached hydrogens (tertiary/aromatic N) is 4. The van der Waals surface area contributed by atoms with Gasteiger partial charge in [-0.05, 0) is 106 Å². The van der Waals surface area contributed by atoms with Crippen molar-refractivity contribution < 1.29 is 9.47 Å². The number of aromatic nitrogens is 2. The summed E-state index contributed by atoms with van der Waals surface area (Å²) in [5, 5.41) is 4.96. The number of para-hydroxylation sites is 8. The molecule has 0 radical (unpaired) electrons. The van der Waals surface area contributed by atoms with E-state index in [2.05, 4.69) is 262 Å². The highest BCUT2D eigenvalue weighted by atomic mass is 16.5. The second-order valence-electron chi connectivity index (χ2n) is 20.0. The number of rotatable bonds is 6. The van der Waals surface area contributed by atoms with E-state index in [-0.39, 0.29) is 13.4 Å². The first-order valence-electron chi connectivity index (χ1n) is 25.5. The highest BCUT2D eigenvalue weighted by Crippen LogP contribution is 2.46. The quantitative estimate of drug-likeness (QED) is 0.156. The fourth-order valence-corrected chi connectivity index (χ4v) is 13.2. The zero-order valence-electron chi connectivity index (χ0n) is 39.9. The number of anilines is 6. The minimum Gasteiger partial charge on any atom is -0.458 e. The lowest BCUT2D eigenvalue weighted by molar-refractivity contribution is 0.465. The zero-order chi connectivity index (χ0) is 48.2. The molecule has 4 aliphatic heterocycles. The van der Waals surface area contributed by atoms with Crippen LogP contribution in [0.2, 0.25) is 0 Å². The molecular formula is C66H40B2N4O2. The molecule has 0 saturated heterocycles. The Hall–Kier alpha value is -9.65. The number of hydrogen-bond acceptors (Lipinski definition) is 4. The molecule has 0 unspecified atom stereocenters. The molecule has 11 aromatic carbocycles. The maximum Gasteiger partial charge on any atom is 0.256 e. The first kappa shape index (κ1) is 40.0. The maximum atomic E-state index is 7.45. The summed E-state index contributed by atoms with van der Waals surface area (Å²) in [7, 11) is 0. The van der Waals surface area contributed by atoms with Gasteiger partial charge in [-0.1, -0.05) is 152 Å². The second-order valence-corrected chi connectivity index (χ2v) is 20.0. The molecule has 0 saturated carbocycles. The van der Waals surface area contributed by atoms with Gasteiger partial charge in [0, 0.05) is 84.9 Å². The van der Waals surface area contributed by atoms with Gasteiger partial charge in [0.15, 0.2) is 0 Å². The third-order valence-corrected chi connectivity index (χ3v) is 16.1. The molecule has 0 bridgehead atoms. The van der Waals surface area contributed by atoms with Crippen molar-refractivity contribution >= 4 is 124 Å². The van der Waals surface area contributed by atoms with Crippen LogP contribution in [-0.4, -0.2) is 22.6 Å². The molecule has 6 nitrogen and oxygen atoms in total. The first-order chi connectivity index (χ1) is 36.7. The van der Waals surface area contributed by atoms with Gasteiger partial charge in [-0.15, -0.1) is 0 Å². The predicted octanol–water partition coefficient (Wildman–Crippen LogP) is 12.7. The summed E-state index contributed by atoms with van der Waals surface area (Å²) in [6, 6.07) is 87.9. The van der Waals surface area contributed by atoms with Crippen molar-refractivity contribution in [3.8, 4) is 34.4 Å². The predicted molar refractivity (Wildman–Crippen MR) is 307 cm³/mol. The van der Waals surface area contributed by atoms with E-state index in [9.17, 15) is 0 Å². The molecule has 342 valence electrons. The van der Waals surface area contributed by atoms with Crippen molar-refractivity contribution in [3.05, 3.63) is 243 Å². The van der Waals surface area contributed by atoms with Crippen molar-refractivity contribution in [1.82, 2.24) is 9.13 Å². The minimum atomic E-state index is -0.120. The van der Waals surface area contributed by atoms with Gasteiger partial charge in [-0.2, -0.15) is 0 Å². The topological polar surface area (TPSA) is 34.8 Å².